The van der Waals surface area contributed by atoms with Crippen LogP contribution >= 0.6 is 24.4 Å². The smallest absolute Gasteiger partial charge is 0.326 e. The van der Waals surface area contributed by atoms with Crippen LogP contribution in [0.1, 0.15) is 31.7 Å². The van der Waals surface area contributed by atoms with Gasteiger partial charge in [-0.25, -0.2) is 4.79 Å². The number of amides is 1. The van der Waals surface area contributed by atoms with Gasteiger partial charge in [-0.1, -0.05) is 37.3 Å². The summed E-state index contributed by atoms with van der Waals surface area (Å²) in [6.07, 6.45) is 1.62. The fourth-order valence-electron chi connectivity index (χ4n) is 2.68. The van der Waals surface area contributed by atoms with Crippen molar-refractivity contribution >= 4 is 36.3 Å². The van der Waals surface area contributed by atoms with Crippen molar-refractivity contribution in [3.8, 4) is 0 Å². The summed E-state index contributed by atoms with van der Waals surface area (Å²) < 4.78 is 0. The van der Waals surface area contributed by atoms with Crippen LogP contribution in [0.25, 0.3) is 0 Å². The fourth-order valence-corrected chi connectivity index (χ4v) is 4.04. The molecular weight excluding hydrogens is 330 g/mol. The second-order valence-corrected chi connectivity index (χ2v) is 7.84. The normalized spacial score (nSPS) is 22.1. The molecule has 1 aromatic rings. The average Bonchev–Trinajstić information content (AvgIpc) is 2.98. The lowest BCUT2D eigenvalue weighted by molar-refractivity contribution is -0.148. The van der Waals surface area contributed by atoms with Crippen molar-refractivity contribution < 1.29 is 14.7 Å². The maximum atomic E-state index is 12.4. The molecule has 126 valence electrons. The van der Waals surface area contributed by atoms with E-state index in [4.69, 9.17) is 0 Å². The molecule has 0 spiro atoms. The highest BCUT2D eigenvalue weighted by atomic mass is 32.2. The van der Waals surface area contributed by atoms with E-state index < -0.39 is 12.0 Å². The molecule has 1 aromatic carbocycles. The summed E-state index contributed by atoms with van der Waals surface area (Å²) in [6.45, 7) is 2.49. The molecule has 3 atom stereocenters. The second-order valence-electron chi connectivity index (χ2n) is 5.82. The Hall–Kier alpha value is -1.14. The number of carbonyl (C=O) groups excluding carboxylic acids is 1. The highest BCUT2D eigenvalue weighted by molar-refractivity contribution is 7.99. The summed E-state index contributed by atoms with van der Waals surface area (Å²) in [5.41, 5.74) is 1.22. The minimum Gasteiger partial charge on any atom is -0.480 e. The molecule has 1 amide bonds. The standard InChI is InChI=1S/C17H23NO3S2/c1-2-13(22)8-16(19)18-10-14(9-15(18)17(20)21)23-11-12-6-4-3-5-7-12/h3-7,13-15,22H,2,8-11H2,1H3,(H,20,21)/t13?,14?,15-/m0/s1. The molecule has 23 heavy (non-hydrogen) atoms. The van der Waals surface area contributed by atoms with Crippen LogP contribution in [-0.2, 0) is 15.3 Å². The number of hydrogen-bond donors (Lipinski definition) is 2. The lowest BCUT2D eigenvalue weighted by Crippen LogP contribution is -2.41. The number of carboxylic acids is 1. The summed E-state index contributed by atoms with van der Waals surface area (Å²) in [7, 11) is 0. The fraction of sp³-hybridized carbons (Fsp3) is 0.529. The topological polar surface area (TPSA) is 57.6 Å². The summed E-state index contributed by atoms with van der Waals surface area (Å²) in [5, 5.41) is 9.57. The van der Waals surface area contributed by atoms with E-state index in [2.05, 4.69) is 24.8 Å². The van der Waals surface area contributed by atoms with E-state index in [1.54, 1.807) is 11.8 Å². The van der Waals surface area contributed by atoms with Crippen molar-refractivity contribution in [2.75, 3.05) is 6.54 Å². The average molecular weight is 354 g/mol. The Morgan fingerprint density at radius 3 is 2.70 bits per heavy atom. The van der Waals surface area contributed by atoms with Crippen LogP contribution in [0.4, 0.5) is 0 Å². The number of benzene rings is 1. The molecule has 4 nitrogen and oxygen atoms in total. The van der Waals surface area contributed by atoms with Crippen molar-refractivity contribution in [3.05, 3.63) is 35.9 Å². The van der Waals surface area contributed by atoms with Gasteiger partial charge in [0.25, 0.3) is 0 Å². The molecule has 1 heterocycles. The van der Waals surface area contributed by atoms with E-state index in [0.29, 0.717) is 19.4 Å². The molecule has 0 aromatic heterocycles. The van der Waals surface area contributed by atoms with Crippen LogP contribution in [0, 0.1) is 0 Å². The molecular formula is C17H23NO3S2. The van der Waals surface area contributed by atoms with Crippen LogP contribution in [0.2, 0.25) is 0 Å². The van der Waals surface area contributed by atoms with E-state index in [0.717, 1.165) is 12.2 Å². The first kappa shape index (κ1) is 18.2. The first-order valence-electron chi connectivity index (χ1n) is 7.87. The number of carbonyl (C=O) groups is 2. The Morgan fingerprint density at radius 2 is 2.09 bits per heavy atom. The van der Waals surface area contributed by atoms with Gasteiger partial charge in [-0.3, -0.25) is 4.79 Å². The van der Waals surface area contributed by atoms with Gasteiger partial charge >= 0.3 is 5.97 Å². The summed E-state index contributed by atoms with van der Waals surface area (Å²) >= 11 is 6.08. The van der Waals surface area contributed by atoms with Gasteiger partial charge in [0.2, 0.25) is 5.91 Å². The lowest BCUT2D eigenvalue weighted by Gasteiger charge is -2.22. The minimum absolute atomic E-state index is 0.00651. The number of carboxylic acid groups (broad SMARTS) is 1. The zero-order valence-corrected chi connectivity index (χ0v) is 14.9. The molecule has 0 saturated carbocycles. The van der Waals surface area contributed by atoms with E-state index in [1.807, 2.05) is 25.1 Å². The lowest BCUT2D eigenvalue weighted by atomic mass is 10.2. The predicted octanol–water partition coefficient (Wildman–Crippen LogP) is 3.07. The quantitative estimate of drug-likeness (QED) is 0.740. The van der Waals surface area contributed by atoms with Crippen molar-refractivity contribution in [3.63, 3.8) is 0 Å². The van der Waals surface area contributed by atoms with Crippen molar-refractivity contribution in [2.45, 2.75) is 48.5 Å². The van der Waals surface area contributed by atoms with Gasteiger partial charge in [0.1, 0.15) is 6.04 Å². The van der Waals surface area contributed by atoms with Gasteiger partial charge in [0.05, 0.1) is 0 Å². The molecule has 0 radical (unpaired) electrons. The van der Waals surface area contributed by atoms with Gasteiger partial charge in [-0.2, -0.15) is 24.4 Å². The van der Waals surface area contributed by atoms with Gasteiger partial charge in [0, 0.05) is 29.2 Å². The molecule has 0 bridgehead atoms. The zero-order chi connectivity index (χ0) is 16.8. The largest absolute Gasteiger partial charge is 0.480 e. The summed E-state index contributed by atoms with van der Waals surface area (Å²) in [6, 6.07) is 9.40. The predicted molar refractivity (Wildman–Crippen MR) is 97.0 cm³/mol. The third-order valence-electron chi connectivity index (χ3n) is 4.08. The first-order valence-corrected chi connectivity index (χ1v) is 9.43. The zero-order valence-electron chi connectivity index (χ0n) is 13.2. The van der Waals surface area contributed by atoms with E-state index in [-0.39, 0.29) is 16.4 Å². The number of rotatable bonds is 7. The van der Waals surface area contributed by atoms with Gasteiger partial charge in [0.15, 0.2) is 0 Å². The maximum Gasteiger partial charge on any atom is 0.326 e. The highest BCUT2D eigenvalue weighted by Crippen LogP contribution is 2.31. The van der Waals surface area contributed by atoms with Crippen LogP contribution in [0.15, 0.2) is 30.3 Å². The molecule has 1 aliphatic rings. The summed E-state index contributed by atoms with van der Waals surface area (Å²) in [5.74, 6) is -0.167. The van der Waals surface area contributed by atoms with Crippen LogP contribution in [0.5, 0.6) is 0 Å². The van der Waals surface area contributed by atoms with Gasteiger partial charge in [-0.15, -0.1) is 0 Å². The van der Waals surface area contributed by atoms with Crippen LogP contribution in [0.3, 0.4) is 0 Å². The van der Waals surface area contributed by atoms with Gasteiger partial charge in [-0.05, 0) is 18.4 Å². The molecule has 2 unspecified atom stereocenters. The summed E-state index contributed by atoms with van der Waals surface area (Å²) in [4.78, 5) is 25.4. The SMILES string of the molecule is CCC(S)CC(=O)N1CC(SCc2ccccc2)C[C@H]1C(=O)O. The Balaban J connectivity index is 1.94. The maximum absolute atomic E-state index is 12.4. The Bertz CT molecular complexity index is 538. The van der Waals surface area contributed by atoms with E-state index in [9.17, 15) is 14.7 Å². The number of thiol groups is 1. The first-order chi connectivity index (χ1) is 11.0. The number of likely N-dealkylation sites (tertiary alicyclic amines) is 1. The van der Waals surface area contributed by atoms with Gasteiger partial charge < -0.3 is 10.0 Å². The number of aliphatic carboxylic acids is 1. The highest BCUT2D eigenvalue weighted by Gasteiger charge is 2.39. The van der Waals surface area contributed by atoms with Crippen LogP contribution < -0.4 is 0 Å². The Labute approximate surface area is 147 Å². The molecule has 2 rings (SSSR count). The van der Waals surface area contributed by atoms with Crippen molar-refractivity contribution in [2.24, 2.45) is 0 Å². The minimum atomic E-state index is -0.909. The molecule has 1 saturated heterocycles. The molecule has 1 N–H and O–H groups in total. The molecule has 1 aliphatic heterocycles. The van der Waals surface area contributed by atoms with Crippen molar-refractivity contribution in [1.29, 1.82) is 0 Å². The van der Waals surface area contributed by atoms with Crippen LogP contribution in [-0.4, -0.2) is 45.0 Å². The Kier molecular flexibility index (Phi) is 6.84. The second kappa shape index (κ2) is 8.64. The number of nitrogens with zero attached hydrogens (tertiary/aromatic N) is 1. The monoisotopic (exact) mass is 353 g/mol. The molecule has 1 fully saturated rings. The third kappa shape index (κ3) is 5.18. The van der Waals surface area contributed by atoms with E-state index in [1.165, 1.54) is 10.5 Å². The molecule has 6 heteroatoms. The van der Waals surface area contributed by atoms with Crippen molar-refractivity contribution in [1.82, 2.24) is 4.90 Å². The number of hydrogen-bond acceptors (Lipinski definition) is 4. The number of thioether (sulfide) groups is 1. The molecule has 0 aliphatic carbocycles. The van der Waals surface area contributed by atoms with E-state index >= 15 is 0 Å². The third-order valence-corrected chi connectivity index (χ3v) is 5.94. The Morgan fingerprint density at radius 1 is 1.39 bits per heavy atom.